The number of piperidine rings is 1. The number of halogens is 3. The maximum Gasteiger partial charge on any atom is 0.419 e. The molecule has 2 aliphatic heterocycles. The molecule has 0 aliphatic carbocycles. The molecule has 33 heavy (non-hydrogen) atoms. The molecule has 0 amide bonds. The van der Waals surface area contributed by atoms with E-state index in [-0.39, 0.29) is 17.0 Å². The molecule has 0 atom stereocenters. The first-order valence-corrected chi connectivity index (χ1v) is 10.6. The van der Waals surface area contributed by atoms with Crippen molar-refractivity contribution < 1.29 is 27.4 Å². The zero-order valence-corrected chi connectivity index (χ0v) is 18.1. The van der Waals surface area contributed by atoms with Crippen LogP contribution in [0.1, 0.15) is 40.0 Å². The van der Waals surface area contributed by atoms with Gasteiger partial charge in [-0.05, 0) is 43.4 Å². The molecule has 3 aromatic rings. The fourth-order valence-electron chi connectivity index (χ4n) is 4.83. The van der Waals surface area contributed by atoms with Crippen LogP contribution < -0.4 is 14.8 Å². The number of carbonyl (C=O) groups excluding carboxylic acids is 1. The van der Waals surface area contributed by atoms with Gasteiger partial charge in [0.15, 0.2) is 0 Å². The standard InChI is InChI=1S/C24H22F3N3O3/c1-30-21-15-5-3-4-6-17(15)33-23(9-11-28-12-10-23)19(21)20(29-30)22(31)14-7-8-18(32-2)16(13-14)24(25,26)27/h3-8,13,28H,9-12H2,1-2H3. The summed E-state index contributed by atoms with van der Waals surface area (Å²) in [7, 11) is 2.90. The molecule has 1 saturated heterocycles. The first-order valence-electron chi connectivity index (χ1n) is 10.6. The van der Waals surface area contributed by atoms with Gasteiger partial charge in [-0.25, -0.2) is 0 Å². The summed E-state index contributed by atoms with van der Waals surface area (Å²) in [4.78, 5) is 13.6. The maximum absolute atomic E-state index is 13.6. The van der Waals surface area contributed by atoms with Crippen LogP contribution in [0.4, 0.5) is 13.2 Å². The van der Waals surface area contributed by atoms with Crippen LogP contribution in [0.5, 0.6) is 11.5 Å². The second-order valence-electron chi connectivity index (χ2n) is 8.28. The van der Waals surface area contributed by atoms with E-state index in [0.717, 1.165) is 30.5 Å². The Bertz CT molecular complexity index is 1240. The van der Waals surface area contributed by atoms with Crippen molar-refractivity contribution in [3.05, 3.63) is 64.8 Å². The number of hydrogen-bond acceptors (Lipinski definition) is 5. The van der Waals surface area contributed by atoms with Gasteiger partial charge in [0.2, 0.25) is 5.78 Å². The minimum atomic E-state index is -4.66. The fourth-order valence-corrected chi connectivity index (χ4v) is 4.83. The van der Waals surface area contributed by atoms with Crippen LogP contribution in [-0.2, 0) is 18.8 Å². The van der Waals surface area contributed by atoms with Gasteiger partial charge in [-0.3, -0.25) is 9.48 Å². The minimum absolute atomic E-state index is 0.105. The second-order valence-corrected chi connectivity index (χ2v) is 8.28. The van der Waals surface area contributed by atoms with E-state index < -0.39 is 23.1 Å². The molecule has 172 valence electrons. The van der Waals surface area contributed by atoms with Gasteiger partial charge in [0.05, 0.1) is 23.9 Å². The molecule has 2 aliphatic rings. The first kappa shape index (κ1) is 21.5. The Hall–Kier alpha value is -3.33. The zero-order chi connectivity index (χ0) is 23.4. The normalized spacial score (nSPS) is 16.6. The van der Waals surface area contributed by atoms with Crippen LogP contribution in [-0.4, -0.2) is 35.8 Å². The number of methoxy groups -OCH3 is 1. The van der Waals surface area contributed by atoms with Gasteiger partial charge in [0, 0.05) is 31.0 Å². The molecule has 1 aromatic heterocycles. The summed E-state index contributed by atoms with van der Waals surface area (Å²) in [5, 5.41) is 7.81. The van der Waals surface area contributed by atoms with Gasteiger partial charge in [-0.15, -0.1) is 0 Å². The molecule has 0 bridgehead atoms. The lowest BCUT2D eigenvalue weighted by atomic mass is 9.79. The molecule has 1 fully saturated rings. The largest absolute Gasteiger partial charge is 0.496 e. The first-order chi connectivity index (χ1) is 15.7. The third-order valence-corrected chi connectivity index (χ3v) is 6.34. The highest BCUT2D eigenvalue weighted by Gasteiger charge is 2.47. The summed E-state index contributed by atoms with van der Waals surface area (Å²) in [6.07, 6.45) is -3.45. The van der Waals surface area contributed by atoms with E-state index in [4.69, 9.17) is 9.47 Å². The highest BCUT2D eigenvalue weighted by atomic mass is 19.4. The summed E-state index contributed by atoms with van der Waals surface area (Å²) in [6.45, 7) is 1.37. The predicted molar refractivity (Wildman–Crippen MR) is 114 cm³/mol. The van der Waals surface area contributed by atoms with Crippen LogP contribution in [0.2, 0.25) is 0 Å². The van der Waals surface area contributed by atoms with Crippen molar-refractivity contribution in [2.24, 2.45) is 7.05 Å². The van der Waals surface area contributed by atoms with Crippen molar-refractivity contribution in [3.63, 3.8) is 0 Å². The second kappa shape index (κ2) is 7.62. The lowest BCUT2D eigenvalue weighted by Gasteiger charge is -2.42. The SMILES string of the molecule is COc1ccc(C(=O)c2nn(C)c3c2C2(CCNCC2)Oc2ccccc2-3)cc1C(F)(F)F. The number of ketones is 1. The van der Waals surface area contributed by atoms with Crippen LogP contribution in [0, 0.1) is 0 Å². The molecular formula is C24H22F3N3O3. The molecule has 0 saturated carbocycles. The van der Waals surface area contributed by atoms with E-state index in [1.54, 1.807) is 11.7 Å². The van der Waals surface area contributed by atoms with Crippen LogP contribution in [0.3, 0.4) is 0 Å². The van der Waals surface area contributed by atoms with Gasteiger partial charge in [-0.2, -0.15) is 18.3 Å². The lowest BCUT2D eigenvalue weighted by Crippen LogP contribution is -2.46. The van der Waals surface area contributed by atoms with Crippen molar-refractivity contribution in [1.29, 1.82) is 0 Å². The van der Waals surface area contributed by atoms with Crippen molar-refractivity contribution in [2.45, 2.75) is 24.6 Å². The van der Waals surface area contributed by atoms with E-state index in [1.807, 2.05) is 24.3 Å². The number of nitrogens with one attached hydrogen (secondary N) is 1. The van der Waals surface area contributed by atoms with Gasteiger partial charge in [0.25, 0.3) is 0 Å². The third-order valence-electron chi connectivity index (χ3n) is 6.34. The molecular weight excluding hydrogens is 435 g/mol. The predicted octanol–water partition coefficient (Wildman–Crippen LogP) is 4.32. The van der Waals surface area contributed by atoms with E-state index in [9.17, 15) is 18.0 Å². The number of nitrogens with zero attached hydrogens (tertiary/aromatic N) is 2. The van der Waals surface area contributed by atoms with E-state index in [1.165, 1.54) is 6.07 Å². The summed E-state index contributed by atoms with van der Waals surface area (Å²) < 4.78 is 53.7. The number of benzene rings is 2. The summed E-state index contributed by atoms with van der Waals surface area (Å²) in [5.41, 5.74) is 0.420. The van der Waals surface area contributed by atoms with Crippen molar-refractivity contribution in [2.75, 3.05) is 20.2 Å². The fraction of sp³-hybridized carbons (Fsp3) is 0.333. The number of alkyl halides is 3. The van der Waals surface area contributed by atoms with Crippen molar-refractivity contribution in [3.8, 4) is 22.8 Å². The Morgan fingerprint density at radius 1 is 1.18 bits per heavy atom. The van der Waals surface area contributed by atoms with Gasteiger partial charge in [0.1, 0.15) is 22.8 Å². The average Bonchev–Trinajstić information content (AvgIpc) is 3.17. The van der Waals surface area contributed by atoms with Gasteiger partial charge >= 0.3 is 6.18 Å². The Balaban J connectivity index is 1.70. The molecule has 5 rings (SSSR count). The quantitative estimate of drug-likeness (QED) is 0.594. The summed E-state index contributed by atoms with van der Waals surface area (Å²) >= 11 is 0. The van der Waals surface area contributed by atoms with E-state index in [0.29, 0.717) is 37.2 Å². The molecule has 0 radical (unpaired) electrons. The number of aryl methyl sites for hydroxylation is 1. The molecule has 2 aromatic carbocycles. The van der Waals surface area contributed by atoms with Gasteiger partial charge < -0.3 is 14.8 Å². The summed E-state index contributed by atoms with van der Waals surface area (Å²) in [5.74, 6) is -0.215. The lowest BCUT2D eigenvalue weighted by molar-refractivity contribution is -0.138. The number of para-hydroxylation sites is 1. The van der Waals surface area contributed by atoms with E-state index in [2.05, 4.69) is 10.4 Å². The van der Waals surface area contributed by atoms with E-state index >= 15 is 0 Å². The molecule has 6 nitrogen and oxygen atoms in total. The highest BCUT2D eigenvalue weighted by molar-refractivity contribution is 6.10. The molecule has 1 N–H and O–H groups in total. The molecule has 3 heterocycles. The number of fused-ring (bicyclic) bond motifs is 4. The number of aromatic nitrogens is 2. The summed E-state index contributed by atoms with van der Waals surface area (Å²) in [6, 6.07) is 10.9. The van der Waals surface area contributed by atoms with Crippen molar-refractivity contribution in [1.82, 2.24) is 15.1 Å². The third kappa shape index (κ3) is 3.38. The Morgan fingerprint density at radius 2 is 1.91 bits per heavy atom. The molecule has 0 unspecified atom stereocenters. The average molecular weight is 457 g/mol. The minimum Gasteiger partial charge on any atom is -0.496 e. The number of ether oxygens (including phenoxy) is 2. The molecule has 1 spiro atoms. The van der Waals surface area contributed by atoms with Crippen LogP contribution >= 0.6 is 0 Å². The monoisotopic (exact) mass is 457 g/mol. The Kier molecular flexibility index (Phi) is 4.97. The maximum atomic E-state index is 13.6. The Morgan fingerprint density at radius 3 is 2.61 bits per heavy atom. The van der Waals surface area contributed by atoms with Crippen LogP contribution in [0.15, 0.2) is 42.5 Å². The Labute approximate surface area is 188 Å². The number of rotatable bonds is 3. The van der Waals surface area contributed by atoms with Crippen LogP contribution in [0.25, 0.3) is 11.3 Å². The van der Waals surface area contributed by atoms with Gasteiger partial charge in [-0.1, -0.05) is 12.1 Å². The number of carbonyl (C=O) groups is 1. The van der Waals surface area contributed by atoms with Crippen molar-refractivity contribution >= 4 is 5.78 Å². The number of hydrogen-bond donors (Lipinski definition) is 1. The molecule has 9 heteroatoms. The smallest absolute Gasteiger partial charge is 0.419 e. The highest BCUT2D eigenvalue weighted by Crippen LogP contribution is 2.50. The zero-order valence-electron chi connectivity index (χ0n) is 18.1. The topological polar surface area (TPSA) is 65.4 Å².